The van der Waals surface area contributed by atoms with Crippen molar-refractivity contribution in [1.82, 2.24) is 0 Å². The monoisotopic (exact) mass is 382 g/mol. The zero-order valence-corrected chi connectivity index (χ0v) is 15.2. The minimum atomic E-state index is -4.55. The van der Waals surface area contributed by atoms with E-state index in [0.717, 1.165) is 0 Å². The highest BCUT2D eigenvalue weighted by Crippen LogP contribution is 2.32. The molecule has 3 atom stereocenters. The van der Waals surface area contributed by atoms with Crippen molar-refractivity contribution in [2.24, 2.45) is 11.3 Å². The van der Waals surface area contributed by atoms with Gasteiger partial charge in [0, 0.05) is 6.42 Å². The summed E-state index contributed by atoms with van der Waals surface area (Å²) in [4.78, 5) is 35.3. The molecule has 3 unspecified atom stereocenters. The predicted molar refractivity (Wildman–Crippen MR) is 83.9 cm³/mol. The summed E-state index contributed by atoms with van der Waals surface area (Å²) < 4.78 is 50.4. The van der Waals surface area contributed by atoms with Gasteiger partial charge in [0.05, 0.1) is 17.9 Å². The molecular formula is C17H25F3O6. The summed E-state index contributed by atoms with van der Waals surface area (Å²) in [6.45, 7) is 3.59. The molecule has 0 radical (unpaired) electrons. The van der Waals surface area contributed by atoms with E-state index in [1.54, 1.807) is 13.8 Å². The second kappa shape index (κ2) is 9.23. The van der Waals surface area contributed by atoms with E-state index in [-0.39, 0.29) is 13.0 Å². The van der Waals surface area contributed by atoms with Gasteiger partial charge in [-0.25, -0.2) is 4.79 Å². The molecule has 0 aromatic rings. The van der Waals surface area contributed by atoms with Crippen LogP contribution in [0.25, 0.3) is 0 Å². The van der Waals surface area contributed by atoms with Crippen LogP contribution in [-0.4, -0.2) is 43.4 Å². The van der Waals surface area contributed by atoms with Crippen molar-refractivity contribution in [2.75, 3.05) is 13.2 Å². The third-order valence-electron chi connectivity index (χ3n) is 4.56. The lowest BCUT2D eigenvalue weighted by molar-refractivity contribution is -0.189. The van der Waals surface area contributed by atoms with E-state index in [1.165, 1.54) is 6.92 Å². The molecule has 9 heteroatoms. The molecule has 0 bridgehead atoms. The van der Waals surface area contributed by atoms with Crippen LogP contribution < -0.4 is 0 Å². The topological polar surface area (TPSA) is 78.9 Å². The summed E-state index contributed by atoms with van der Waals surface area (Å²) in [7, 11) is 0. The van der Waals surface area contributed by atoms with E-state index in [2.05, 4.69) is 4.74 Å². The fourth-order valence-electron chi connectivity index (χ4n) is 2.49. The molecule has 1 heterocycles. The largest absolute Gasteiger partial charge is 0.463 e. The van der Waals surface area contributed by atoms with Gasteiger partial charge in [-0.05, 0) is 26.2 Å². The quantitative estimate of drug-likeness (QED) is 0.450. The lowest BCUT2D eigenvalue weighted by atomic mass is 9.81. The fraction of sp³-hybridized carbons (Fsp3) is 0.824. The SMILES string of the molecule is CCC(C)(CCCC(C)C(=O)OCC(F)(F)F)C(=O)OC1CCOC1=O. The van der Waals surface area contributed by atoms with Gasteiger partial charge in [-0.1, -0.05) is 20.3 Å². The van der Waals surface area contributed by atoms with Gasteiger partial charge in [-0.15, -0.1) is 0 Å². The Morgan fingerprint density at radius 2 is 2.00 bits per heavy atom. The van der Waals surface area contributed by atoms with Crippen LogP contribution in [-0.2, 0) is 28.6 Å². The summed E-state index contributed by atoms with van der Waals surface area (Å²) in [5.41, 5.74) is -0.849. The maximum absolute atomic E-state index is 12.4. The summed E-state index contributed by atoms with van der Waals surface area (Å²) >= 11 is 0. The normalized spacial score (nSPS) is 20.8. The third-order valence-corrected chi connectivity index (χ3v) is 4.56. The van der Waals surface area contributed by atoms with Crippen molar-refractivity contribution in [1.29, 1.82) is 0 Å². The first-order chi connectivity index (χ1) is 12.0. The molecule has 1 fully saturated rings. The standard InChI is InChI=1S/C17H25F3O6/c1-4-16(3,15(23)26-12-7-9-24-14(12)22)8-5-6-11(2)13(21)25-10-17(18,19)20/h11-12H,4-10H2,1-3H3. The number of alkyl halides is 3. The number of ether oxygens (including phenoxy) is 3. The highest BCUT2D eigenvalue weighted by molar-refractivity contribution is 5.83. The number of hydrogen-bond acceptors (Lipinski definition) is 6. The van der Waals surface area contributed by atoms with Crippen LogP contribution in [0.2, 0.25) is 0 Å². The smallest absolute Gasteiger partial charge is 0.422 e. The van der Waals surface area contributed by atoms with Crippen molar-refractivity contribution in [3.63, 3.8) is 0 Å². The average molecular weight is 382 g/mol. The van der Waals surface area contributed by atoms with E-state index < -0.39 is 48.1 Å². The van der Waals surface area contributed by atoms with Gasteiger partial charge in [0.1, 0.15) is 0 Å². The van der Waals surface area contributed by atoms with Crippen molar-refractivity contribution in [3.05, 3.63) is 0 Å². The molecule has 0 N–H and O–H groups in total. The lowest BCUT2D eigenvalue weighted by Gasteiger charge is -2.27. The first kappa shape index (κ1) is 22.2. The molecule has 1 aliphatic heterocycles. The predicted octanol–water partition coefficient (Wildman–Crippen LogP) is 3.17. The van der Waals surface area contributed by atoms with Gasteiger partial charge in [0.25, 0.3) is 0 Å². The van der Waals surface area contributed by atoms with Crippen LogP contribution in [0.4, 0.5) is 13.2 Å². The van der Waals surface area contributed by atoms with Gasteiger partial charge in [0.2, 0.25) is 6.10 Å². The minimum absolute atomic E-state index is 0.219. The molecule has 26 heavy (non-hydrogen) atoms. The van der Waals surface area contributed by atoms with Crippen molar-refractivity contribution >= 4 is 17.9 Å². The van der Waals surface area contributed by atoms with Crippen molar-refractivity contribution < 1.29 is 41.8 Å². The molecule has 0 aromatic carbocycles. The van der Waals surface area contributed by atoms with E-state index in [4.69, 9.17) is 9.47 Å². The first-order valence-electron chi connectivity index (χ1n) is 8.59. The number of hydrogen-bond donors (Lipinski definition) is 0. The van der Waals surface area contributed by atoms with Crippen molar-refractivity contribution in [3.8, 4) is 0 Å². The summed E-state index contributed by atoms with van der Waals surface area (Å²) in [5, 5.41) is 0. The highest BCUT2D eigenvalue weighted by atomic mass is 19.4. The van der Waals surface area contributed by atoms with Gasteiger partial charge in [-0.2, -0.15) is 13.2 Å². The number of halogens is 3. The maximum atomic E-state index is 12.4. The van der Waals surface area contributed by atoms with E-state index in [0.29, 0.717) is 25.7 Å². The van der Waals surface area contributed by atoms with Crippen LogP contribution in [0.5, 0.6) is 0 Å². The molecule has 0 saturated carbocycles. The average Bonchev–Trinajstić information content (AvgIpc) is 2.96. The lowest BCUT2D eigenvalue weighted by Crippen LogP contribution is -2.34. The number of esters is 3. The summed E-state index contributed by atoms with van der Waals surface area (Å²) in [6.07, 6.45) is -3.57. The van der Waals surface area contributed by atoms with Gasteiger partial charge < -0.3 is 14.2 Å². The Kier molecular flexibility index (Phi) is 7.89. The summed E-state index contributed by atoms with van der Waals surface area (Å²) in [6, 6.07) is 0. The van der Waals surface area contributed by atoms with Crippen LogP contribution in [0.3, 0.4) is 0 Å². The third kappa shape index (κ3) is 6.84. The number of carbonyl (C=O) groups is 3. The molecule has 0 amide bonds. The molecule has 0 aromatic heterocycles. The van der Waals surface area contributed by atoms with E-state index in [9.17, 15) is 27.6 Å². The van der Waals surface area contributed by atoms with Gasteiger partial charge in [-0.3, -0.25) is 9.59 Å². The molecular weight excluding hydrogens is 357 g/mol. The molecule has 1 saturated heterocycles. The first-order valence-corrected chi connectivity index (χ1v) is 8.59. The molecule has 6 nitrogen and oxygen atoms in total. The van der Waals surface area contributed by atoms with E-state index in [1.807, 2.05) is 0 Å². The number of carbonyl (C=O) groups excluding carboxylic acids is 3. The number of cyclic esters (lactones) is 1. The van der Waals surface area contributed by atoms with E-state index >= 15 is 0 Å². The molecule has 0 aliphatic carbocycles. The Morgan fingerprint density at radius 3 is 2.50 bits per heavy atom. The van der Waals surface area contributed by atoms with Crippen molar-refractivity contribution in [2.45, 2.75) is 65.2 Å². The van der Waals surface area contributed by atoms with Gasteiger partial charge in [0.15, 0.2) is 6.61 Å². The zero-order valence-electron chi connectivity index (χ0n) is 15.2. The van der Waals surface area contributed by atoms with Crippen LogP contribution in [0.1, 0.15) is 52.9 Å². The molecule has 1 rings (SSSR count). The molecule has 0 spiro atoms. The Hall–Kier alpha value is -1.80. The van der Waals surface area contributed by atoms with Crippen LogP contribution in [0, 0.1) is 11.3 Å². The molecule has 1 aliphatic rings. The van der Waals surface area contributed by atoms with Crippen LogP contribution in [0.15, 0.2) is 0 Å². The molecule has 150 valence electrons. The number of rotatable bonds is 9. The Labute approximate surface area is 150 Å². The second-order valence-electron chi connectivity index (χ2n) is 6.78. The Bertz CT molecular complexity index is 519. The van der Waals surface area contributed by atoms with Gasteiger partial charge >= 0.3 is 24.1 Å². The maximum Gasteiger partial charge on any atom is 0.422 e. The zero-order chi connectivity index (χ0) is 20.0. The Balaban J connectivity index is 2.45. The minimum Gasteiger partial charge on any atom is -0.463 e. The second-order valence-corrected chi connectivity index (χ2v) is 6.78. The Morgan fingerprint density at radius 1 is 1.35 bits per heavy atom. The highest BCUT2D eigenvalue weighted by Gasteiger charge is 2.38. The van der Waals surface area contributed by atoms with Crippen LogP contribution >= 0.6 is 0 Å². The fourth-order valence-corrected chi connectivity index (χ4v) is 2.49. The summed E-state index contributed by atoms with van der Waals surface area (Å²) in [5.74, 6) is -2.70.